The van der Waals surface area contributed by atoms with E-state index >= 15 is 0 Å². The Morgan fingerprint density at radius 1 is 1.13 bits per heavy atom. The van der Waals surface area contributed by atoms with Crippen LogP contribution in [-0.4, -0.2) is 32.3 Å². The van der Waals surface area contributed by atoms with Gasteiger partial charge in [-0.15, -0.1) is 0 Å². The fourth-order valence-corrected chi connectivity index (χ4v) is 3.91. The molecule has 156 valence electrons. The van der Waals surface area contributed by atoms with E-state index in [2.05, 4.69) is 5.32 Å². The molecule has 2 aromatic carbocycles. The van der Waals surface area contributed by atoms with Crippen LogP contribution in [0.15, 0.2) is 59.5 Å². The van der Waals surface area contributed by atoms with Crippen LogP contribution in [0, 0.1) is 23.1 Å². The molecule has 0 unspecified atom stereocenters. The summed E-state index contributed by atoms with van der Waals surface area (Å²) in [6.45, 7) is 1.15. The summed E-state index contributed by atoms with van der Waals surface area (Å²) in [5.74, 6) is -0.705. The van der Waals surface area contributed by atoms with Gasteiger partial charge in [-0.25, -0.2) is 17.9 Å². The van der Waals surface area contributed by atoms with Crippen molar-refractivity contribution in [3.63, 3.8) is 0 Å². The lowest BCUT2D eigenvalue weighted by Gasteiger charge is -2.34. The summed E-state index contributed by atoms with van der Waals surface area (Å²) in [6, 6.07) is 13.7. The van der Waals surface area contributed by atoms with Crippen molar-refractivity contribution >= 4 is 27.3 Å². The Hall–Kier alpha value is -3.22. The monoisotopic (exact) mass is 428 g/mol. The zero-order valence-electron chi connectivity index (χ0n) is 16.1. The van der Waals surface area contributed by atoms with Gasteiger partial charge in [-0.05, 0) is 66.9 Å². The third-order valence-corrected chi connectivity index (χ3v) is 5.93. The number of halogens is 1. The van der Waals surface area contributed by atoms with Crippen molar-refractivity contribution in [3.8, 4) is 6.07 Å². The van der Waals surface area contributed by atoms with Gasteiger partial charge in [-0.1, -0.05) is 0 Å². The Bertz CT molecular complexity index is 1080. The highest BCUT2D eigenvalue weighted by molar-refractivity contribution is 7.89. The molecule has 0 aliphatic carbocycles. The minimum Gasteiger partial charge on any atom is -0.370 e. The van der Waals surface area contributed by atoms with E-state index in [1.165, 1.54) is 42.5 Å². The van der Waals surface area contributed by atoms with Gasteiger partial charge in [-0.3, -0.25) is 4.79 Å². The highest BCUT2D eigenvalue weighted by Gasteiger charge is 2.26. The number of anilines is 1. The number of nitriles is 1. The van der Waals surface area contributed by atoms with Crippen molar-refractivity contribution in [3.05, 3.63) is 66.0 Å². The lowest BCUT2D eigenvalue weighted by atomic mass is 9.94. The number of hydrogen-bond acceptors (Lipinski definition) is 5. The van der Waals surface area contributed by atoms with Crippen molar-refractivity contribution in [2.75, 3.05) is 18.4 Å². The number of rotatable bonds is 5. The number of likely N-dealkylation sites (tertiary alicyclic amines) is 1. The predicted molar refractivity (Wildman–Crippen MR) is 111 cm³/mol. The standard InChI is InChI=1S/C21H21FN4O3S/c22-17-3-1-15(2-4-17)20(9-12-23)26-13-10-16(11-14-26)21(27)25-18-5-7-19(8-6-18)30(24,28)29/h1-9,16H,10-11,13-14H2,(H,25,27)(H2,24,28,29)/b20-9-. The van der Waals surface area contributed by atoms with Gasteiger partial charge in [0.15, 0.2) is 0 Å². The minimum atomic E-state index is -3.78. The molecule has 1 aliphatic rings. The topological polar surface area (TPSA) is 116 Å². The number of amides is 1. The number of carbonyl (C=O) groups excluding carboxylic acids is 1. The second-order valence-corrected chi connectivity index (χ2v) is 8.55. The molecule has 2 aromatic rings. The smallest absolute Gasteiger partial charge is 0.238 e. The number of primary sulfonamides is 1. The van der Waals surface area contributed by atoms with E-state index in [0.29, 0.717) is 37.3 Å². The maximum atomic E-state index is 13.2. The molecule has 1 fully saturated rings. The van der Waals surface area contributed by atoms with Crippen LogP contribution < -0.4 is 10.5 Å². The number of sulfonamides is 1. The van der Waals surface area contributed by atoms with E-state index < -0.39 is 10.0 Å². The SMILES string of the molecule is N#C/C=C(/c1ccc(F)cc1)N1CCC(C(=O)Nc2ccc(S(N)(=O)=O)cc2)CC1. The second kappa shape index (κ2) is 9.07. The van der Waals surface area contributed by atoms with Gasteiger partial charge in [-0.2, -0.15) is 5.26 Å². The van der Waals surface area contributed by atoms with E-state index in [0.717, 1.165) is 5.56 Å². The third kappa shape index (κ3) is 5.23. The van der Waals surface area contributed by atoms with Gasteiger partial charge < -0.3 is 10.2 Å². The molecular weight excluding hydrogens is 407 g/mol. The van der Waals surface area contributed by atoms with Crippen molar-refractivity contribution in [2.24, 2.45) is 11.1 Å². The zero-order chi connectivity index (χ0) is 21.7. The first kappa shape index (κ1) is 21.5. The second-order valence-electron chi connectivity index (χ2n) is 6.99. The Balaban J connectivity index is 1.61. The molecule has 0 radical (unpaired) electrons. The third-order valence-electron chi connectivity index (χ3n) is 5.00. The van der Waals surface area contributed by atoms with Crippen molar-refractivity contribution < 1.29 is 17.6 Å². The van der Waals surface area contributed by atoms with Crippen molar-refractivity contribution in [1.82, 2.24) is 4.90 Å². The molecule has 1 amide bonds. The molecule has 30 heavy (non-hydrogen) atoms. The fourth-order valence-electron chi connectivity index (χ4n) is 3.39. The lowest BCUT2D eigenvalue weighted by molar-refractivity contribution is -0.121. The number of benzene rings is 2. The summed E-state index contributed by atoms with van der Waals surface area (Å²) in [7, 11) is -3.78. The summed E-state index contributed by atoms with van der Waals surface area (Å²) in [5, 5.41) is 17.0. The molecule has 0 aromatic heterocycles. The predicted octanol–water partition coefficient (Wildman–Crippen LogP) is 2.69. The Kier molecular flexibility index (Phi) is 6.50. The van der Waals surface area contributed by atoms with Crippen molar-refractivity contribution in [1.29, 1.82) is 5.26 Å². The fraction of sp³-hybridized carbons (Fsp3) is 0.238. The molecule has 1 heterocycles. The molecule has 3 rings (SSSR count). The van der Waals surface area contributed by atoms with Gasteiger partial charge in [0, 0.05) is 30.8 Å². The highest BCUT2D eigenvalue weighted by atomic mass is 32.2. The average Bonchev–Trinajstić information content (AvgIpc) is 2.73. The molecular formula is C21H21FN4O3S. The minimum absolute atomic E-state index is 0.0218. The van der Waals surface area contributed by atoms with Crippen LogP contribution in [0.5, 0.6) is 0 Å². The molecule has 1 saturated heterocycles. The summed E-state index contributed by atoms with van der Waals surface area (Å²) in [6.07, 6.45) is 2.61. The van der Waals surface area contributed by atoms with Crippen LogP contribution in [0.4, 0.5) is 10.1 Å². The Morgan fingerprint density at radius 2 is 1.73 bits per heavy atom. The van der Waals surface area contributed by atoms with Gasteiger partial charge in [0.25, 0.3) is 0 Å². The van der Waals surface area contributed by atoms with E-state index in [9.17, 15) is 17.6 Å². The van der Waals surface area contributed by atoms with Crippen LogP contribution in [0.1, 0.15) is 18.4 Å². The molecule has 0 bridgehead atoms. The maximum Gasteiger partial charge on any atom is 0.238 e. The van der Waals surface area contributed by atoms with E-state index in [-0.39, 0.29) is 22.5 Å². The number of nitrogens with zero attached hydrogens (tertiary/aromatic N) is 2. The molecule has 9 heteroatoms. The number of carbonyl (C=O) groups is 1. The first-order valence-corrected chi connectivity index (χ1v) is 10.9. The number of allylic oxidation sites excluding steroid dienone is 1. The molecule has 1 aliphatic heterocycles. The highest BCUT2D eigenvalue weighted by Crippen LogP contribution is 2.27. The van der Waals surface area contributed by atoms with E-state index in [1.807, 2.05) is 11.0 Å². The van der Waals surface area contributed by atoms with Gasteiger partial charge in [0.1, 0.15) is 5.82 Å². The van der Waals surface area contributed by atoms with Crippen LogP contribution in [0.2, 0.25) is 0 Å². The molecule has 0 saturated carbocycles. The summed E-state index contributed by atoms with van der Waals surface area (Å²) in [5.41, 5.74) is 1.94. The number of nitrogens with two attached hydrogens (primary N) is 1. The molecule has 3 N–H and O–H groups in total. The zero-order valence-corrected chi connectivity index (χ0v) is 16.9. The summed E-state index contributed by atoms with van der Waals surface area (Å²) >= 11 is 0. The van der Waals surface area contributed by atoms with Gasteiger partial charge in [0.2, 0.25) is 15.9 Å². The van der Waals surface area contributed by atoms with Crippen LogP contribution in [0.25, 0.3) is 5.70 Å². The Labute approximate surface area is 174 Å². The van der Waals surface area contributed by atoms with Gasteiger partial charge in [0.05, 0.1) is 16.7 Å². The van der Waals surface area contributed by atoms with Crippen LogP contribution >= 0.6 is 0 Å². The largest absolute Gasteiger partial charge is 0.370 e. The van der Waals surface area contributed by atoms with E-state index in [1.54, 1.807) is 12.1 Å². The van der Waals surface area contributed by atoms with Crippen molar-refractivity contribution in [2.45, 2.75) is 17.7 Å². The van der Waals surface area contributed by atoms with Gasteiger partial charge >= 0.3 is 0 Å². The molecule has 0 atom stereocenters. The van der Waals surface area contributed by atoms with Crippen LogP contribution in [0.3, 0.4) is 0 Å². The average molecular weight is 428 g/mol. The van der Waals surface area contributed by atoms with Crippen LogP contribution in [-0.2, 0) is 14.8 Å². The Morgan fingerprint density at radius 3 is 2.27 bits per heavy atom. The number of nitrogens with one attached hydrogen (secondary N) is 1. The lowest BCUT2D eigenvalue weighted by Crippen LogP contribution is -2.37. The number of piperidine rings is 1. The first-order valence-electron chi connectivity index (χ1n) is 9.32. The molecule has 7 nitrogen and oxygen atoms in total. The summed E-state index contributed by atoms with van der Waals surface area (Å²) in [4.78, 5) is 14.6. The van der Waals surface area contributed by atoms with E-state index in [4.69, 9.17) is 10.4 Å². The maximum absolute atomic E-state index is 13.2. The summed E-state index contributed by atoms with van der Waals surface area (Å²) < 4.78 is 35.8. The molecule has 0 spiro atoms. The number of hydrogen-bond donors (Lipinski definition) is 2. The normalized spacial score (nSPS) is 15.5. The first-order chi connectivity index (χ1) is 14.3. The quantitative estimate of drug-likeness (QED) is 0.710.